The molecule has 2 atom stereocenters. The normalized spacial score (nSPS) is 23.2. The van der Waals surface area contributed by atoms with Crippen molar-refractivity contribution in [3.05, 3.63) is 34.4 Å². The quantitative estimate of drug-likeness (QED) is 0.251. The summed E-state index contributed by atoms with van der Waals surface area (Å²) < 4.78 is 58.9. The number of nitrogens with two attached hydrogens (primary N) is 1. The van der Waals surface area contributed by atoms with Crippen LogP contribution in [-0.2, 0) is 0 Å². The van der Waals surface area contributed by atoms with E-state index in [1.54, 1.807) is 0 Å². The number of nitrogens with zero attached hydrogens (tertiary/aromatic N) is 6. The third-order valence-corrected chi connectivity index (χ3v) is 11.3. The molecule has 236 valence electrons. The summed E-state index contributed by atoms with van der Waals surface area (Å²) in [6, 6.07) is 6.86. The molecule has 5 heterocycles. The number of fused-ring (bicyclic) bond motifs is 2. The van der Waals surface area contributed by atoms with Gasteiger partial charge in [-0.2, -0.15) is 20.5 Å². The number of rotatable bonds is 6. The van der Waals surface area contributed by atoms with Crippen LogP contribution >= 0.6 is 22.9 Å². The van der Waals surface area contributed by atoms with E-state index < -0.39 is 28.8 Å². The standard InChI is InChI=1S/C32H27ClF3N7O2S/c33-23-21(17-2-3-19(35)27-20(17)18(11-37)28(39)46-27)24(36)25-22-26(23)44-9-8-42(14-31(13-38)5-6-31)29(22)41-30(40-25)45-15-32-4-1-7-43(32)12-16(34)10-32/h2-3,16H,1,4-10,12,14-15,39H2/t16-,32+/m1/s1. The van der Waals surface area contributed by atoms with E-state index in [0.29, 0.717) is 31.9 Å². The third kappa shape index (κ3) is 4.36. The molecule has 2 N–H and O–H groups in total. The molecule has 14 heteroatoms. The molecule has 46 heavy (non-hydrogen) atoms. The molecule has 2 saturated heterocycles. The average Bonchev–Trinajstić information content (AvgIpc) is 3.50. The highest BCUT2D eigenvalue weighted by atomic mass is 35.5. The molecule has 0 bridgehead atoms. The maximum Gasteiger partial charge on any atom is 0.319 e. The molecule has 2 aromatic heterocycles. The van der Waals surface area contributed by atoms with Crippen molar-refractivity contribution in [2.45, 2.75) is 43.8 Å². The van der Waals surface area contributed by atoms with Gasteiger partial charge in [-0.25, -0.2) is 13.2 Å². The summed E-state index contributed by atoms with van der Waals surface area (Å²) in [4.78, 5) is 13.3. The zero-order valence-corrected chi connectivity index (χ0v) is 26.1. The molecule has 0 unspecified atom stereocenters. The van der Waals surface area contributed by atoms with Gasteiger partial charge in [-0.05, 0) is 43.9 Å². The van der Waals surface area contributed by atoms with Crippen LogP contribution in [0.25, 0.3) is 32.1 Å². The van der Waals surface area contributed by atoms with Crippen LogP contribution in [0.2, 0.25) is 5.02 Å². The minimum atomic E-state index is -0.957. The average molecular weight is 666 g/mol. The Balaban J connectivity index is 1.34. The minimum Gasteiger partial charge on any atom is -0.489 e. The summed E-state index contributed by atoms with van der Waals surface area (Å²) >= 11 is 7.86. The Hall–Kier alpha value is -4.04. The first kappa shape index (κ1) is 29.4. The summed E-state index contributed by atoms with van der Waals surface area (Å²) in [5.74, 6) is -0.988. The zero-order valence-electron chi connectivity index (χ0n) is 24.5. The largest absolute Gasteiger partial charge is 0.489 e. The molecule has 8 rings (SSSR count). The van der Waals surface area contributed by atoms with Crippen LogP contribution < -0.4 is 20.1 Å². The molecule has 4 aromatic rings. The maximum atomic E-state index is 17.1. The predicted molar refractivity (Wildman–Crippen MR) is 168 cm³/mol. The molecule has 9 nitrogen and oxygen atoms in total. The number of ether oxygens (including phenoxy) is 2. The van der Waals surface area contributed by atoms with Crippen molar-refractivity contribution in [2.75, 3.05) is 50.0 Å². The molecule has 4 aliphatic rings. The van der Waals surface area contributed by atoms with Gasteiger partial charge in [0.05, 0.1) is 44.2 Å². The van der Waals surface area contributed by atoms with Gasteiger partial charge in [-0.1, -0.05) is 17.7 Å². The fourth-order valence-electron chi connectivity index (χ4n) is 7.40. The molecule has 2 aromatic carbocycles. The Kier molecular flexibility index (Phi) is 6.70. The second-order valence-electron chi connectivity index (χ2n) is 12.7. The number of hydrogen-bond donors (Lipinski definition) is 1. The van der Waals surface area contributed by atoms with Crippen LogP contribution in [0.15, 0.2) is 12.1 Å². The van der Waals surface area contributed by atoms with Crippen molar-refractivity contribution in [1.29, 1.82) is 10.5 Å². The molecule has 0 amide bonds. The van der Waals surface area contributed by atoms with E-state index in [9.17, 15) is 19.3 Å². The second-order valence-corrected chi connectivity index (χ2v) is 14.1. The Morgan fingerprint density at radius 3 is 2.76 bits per heavy atom. The van der Waals surface area contributed by atoms with Gasteiger partial charge in [-0.15, -0.1) is 11.3 Å². The molecule has 1 aliphatic carbocycles. The van der Waals surface area contributed by atoms with E-state index >= 15 is 4.39 Å². The van der Waals surface area contributed by atoms with E-state index in [0.717, 1.165) is 43.6 Å². The van der Waals surface area contributed by atoms with Gasteiger partial charge in [0.1, 0.15) is 47.6 Å². The van der Waals surface area contributed by atoms with Crippen molar-refractivity contribution in [3.8, 4) is 35.0 Å². The second kappa shape index (κ2) is 10.5. The Labute approximate surface area is 270 Å². The molecule has 0 spiro atoms. The first-order valence-corrected chi connectivity index (χ1v) is 16.3. The van der Waals surface area contributed by atoms with Crippen molar-refractivity contribution < 1.29 is 22.6 Å². The lowest BCUT2D eigenvalue weighted by Crippen LogP contribution is -2.43. The summed E-state index contributed by atoms with van der Waals surface area (Å²) in [6.07, 6.45) is 2.53. The lowest BCUT2D eigenvalue weighted by molar-refractivity contribution is 0.107. The van der Waals surface area contributed by atoms with Crippen LogP contribution in [0.3, 0.4) is 0 Å². The predicted octanol–water partition coefficient (Wildman–Crippen LogP) is 6.35. The minimum absolute atomic E-state index is 0.0183. The summed E-state index contributed by atoms with van der Waals surface area (Å²) in [5.41, 5.74) is 4.94. The van der Waals surface area contributed by atoms with E-state index in [4.69, 9.17) is 31.8 Å². The van der Waals surface area contributed by atoms with Gasteiger partial charge in [-0.3, -0.25) is 4.90 Å². The number of thiophene rings is 1. The van der Waals surface area contributed by atoms with Crippen molar-refractivity contribution in [3.63, 3.8) is 0 Å². The SMILES string of the molecule is N#Cc1c(N)sc2c(F)ccc(-c3c(Cl)c4c5c(nc(OC[C@@]67CCCN6C[C@H](F)C7)nc5c3F)N(CC3(C#N)CC3)CCO4)c12. The van der Waals surface area contributed by atoms with Crippen LogP contribution in [0, 0.1) is 39.7 Å². The summed E-state index contributed by atoms with van der Waals surface area (Å²) in [7, 11) is 0. The van der Waals surface area contributed by atoms with Gasteiger partial charge in [0.2, 0.25) is 0 Å². The maximum absolute atomic E-state index is 17.1. The number of nitriles is 2. The Morgan fingerprint density at radius 1 is 1.17 bits per heavy atom. The topological polar surface area (TPSA) is 124 Å². The number of halogens is 4. The van der Waals surface area contributed by atoms with Crippen molar-refractivity contribution in [1.82, 2.24) is 14.9 Å². The number of alkyl halides is 1. The number of aromatic nitrogens is 2. The first-order valence-electron chi connectivity index (χ1n) is 15.1. The van der Waals surface area contributed by atoms with Crippen molar-refractivity contribution in [2.24, 2.45) is 5.41 Å². The third-order valence-electron chi connectivity index (χ3n) is 9.86. The van der Waals surface area contributed by atoms with Gasteiger partial charge < -0.3 is 20.1 Å². The van der Waals surface area contributed by atoms with Crippen LogP contribution in [0.1, 0.15) is 37.7 Å². The highest BCUT2D eigenvalue weighted by Crippen LogP contribution is 2.52. The fourth-order valence-corrected chi connectivity index (χ4v) is 8.68. The molecule has 1 saturated carbocycles. The molecular weight excluding hydrogens is 639 g/mol. The molecular formula is C32H27ClF3N7O2S. The van der Waals surface area contributed by atoms with E-state index in [1.165, 1.54) is 12.1 Å². The molecule has 0 radical (unpaired) electrons. The monoisotopic (exact) mass is 665 g/mol. The number of anilines is 2. The number of hydrogen-bond acceptors (Lipinski definition) is 10. The summed E-state index contributed by atoms with van der Waals surface area (Å²) in [6.45, 7) is 2.08. The van der Waals surface area contributed by atoms with E-state index in [-0.39, 0.29) is 72.7 Å². The highest BCUT2D eigenvalue weighted by molar-refractivity contribution is 7.23. The first-order chi connectivity index (χ1) is 22.2. The smallest absolute Gasteiger partial charge is 0.319 e. The molecule has 3 aliphatic heterocycles. The van der Waals surface area contributed by atoms with Crippen LogP contribution in [0.4, 0.5) is 24.0 Å². The number of nitrogen functional groups attached to an aromatic ring is 1. The number of benzene rings is 2. The van der Waals surface area contributed by atoms with E-state index in [1.807, 2.05) is 11.0 Å². The van der Waals surface area contributed by atoms with E-state index in [2.05, 4.69) is 16.0 Å². The lowest BCUT2D eigenvalue weighted by Gasteiger charge is -2.31. The van der Waals surface area contributed by atoms with Crippen molar-refractivity contribution >= 4 is 54.7 Å². The molecule has 3 fully saturated rings. The van der Waals surface area contributed by atoms with Crippen LogP contribution in [-0.4, -0.2) is 66.0 Å². The zero-order chi connectivity index (χ0) is 32.0. The van der Waals surface area contributed by atoms with Gasteiger partial charge in [0.15, 0.2) is 11.6 Å². The van der Waals surface area contributed by atoms with Gasteiger partial charge >= 0.3 is 6.01 Å². The summed E-state index contributed by atoms with van der Waals surface area (Å²) in [5, 5.41) is 20.1. The van der Waals surface area contributed by atoms with Gasteiger partial charge in [0.25, 0.3) is 0 Å². The Morgan fingerprint density at radius 2 is 2.00 bits per heavy atom. The lowest BCUT2D eigenvalue weighted by atomic mass is 9.95. The Bertz CT molecular complexity index is 2040. The van der Waals surface area contributed by atoms with Crippen LogP contribution in [0.5, 0.6) is 11.8 Å². The van der Waals surface area contributed by atoms with Gasteiger partial charge in [0, 0.05) is 30.5 Å². The highest BCUT2D eigenvalue weighted by Gasteiger charge is 2.50. The fraction of sp³-hybridized carbons (Fsp3) is 0.438.